The Labute approximate surface area is 162 Å². The average Bonchev–Trinajstić information content (AvgIpc) is 3.06. The molecule has 3 aromatic heterocycles. The Morgan fingerprint density at radius 1 is 0.889 bits per heavy atom. The van der Waals surface area contributed by atoms with Crippen molar-refractivity contribution in [3.8, 4) is 11.1 Å². The van der Waals surface area contributed by atoms with Crippen LogP contribution < -0.4 is 4.90 Å². The van der Waals surface area contributed by atoms with Gasteiger partial charge < -0.3 is 14.8 Å². The molecule has 0 atom stereocenters. The number of aromatic amines is 1. The van der Waals surface area contributed by atoms with Gasteiger partial charge in [-0.15, -0.1) is 0 Å². The van der Waals surface area contributed by atoms with Crippen LogP contribution in [0.3, 0.4) is 0 Å². The Hall–Kier alpha value is -2.63. The van der Waals surface area contributed by atoms with Gasteiger partial charge in [0.25, 0.3) is 0 Å². The fourth-order valence-electron chi connectivity index (χ4n) is 3.74. The van der Waals surface area contributed by atoms with Crippen LogP contribution in [0.1, 0.15) is 0 Å². The molecule has 1 aliphatic rings. The number of nitrogens with zero attached hydrogens (tertiary/aromatic N) is 4. The predicted molar refractivity (Wildman–Crippen MR) is 112 cm³/mol. The van der Waals surface area contributed by atoms with Gasteiger partial charge >= 0.3 is 0 Å². The van der Waals surface area contributed by atoms with Crippen molar-refractivity contribution in [2.24, 2.45) is 0 Å². The highest BCUT2D eigenvalue weighted by atomic mass is 35.5. The topological polar surface area (TPSA) is 48.0 Å². The zero-order valence-electron chi connectivity index (χ0n) is 15.1. The number of likely N-dealkylation sites (N-methyl/N-ethyl adjacent to an activating group) is 1. The van der Waals surface area contributed by atoms with Gasteiger partial charge in [0.05, 0.1) is 11.7 Å². The molecule has 1 aliphatic heterocycles. The first-order valence-corrected chi connectivity index (χ1v) is 9.52. The van der Waals surface area contributed by atoms with Gasteiger partial charge in [-0.2, -0.15) is 0 Å². The third-order valence-electron chi connectivity index (χ3n) is 5.37. The summed E-state index contributed by atoms with van der Waals surface area (Å²) < 4.78 is 0. The van der Waals surface area contributed by atoms with Crippen molar-refractivity contribution < 1.29 is 0 Å². The predicted octanol–water partition coefficient (Wildman–Crippen LogP) is 4.18. The Morgan fingerprint density at radius 3 is 2.44 bits per heavy atom. The molecule has 0 aliphatic carbocycles. The second kappa shape index (κ2) is 6.51. The number of pyridine rings is 2. The summed E-state index contributed by atoms with van der Waals surface area (Å²) in [6.45, 7) is 4.38. The van der Waals surface area contributed by atoms with Gasteiger partial charge in [0.2, 0.25) is 0 Å². The highest BCUT2D eigenvalue weighted by Gasteiger charge is 2.14. The molecule has 1 aromatic carbocycles. The summed E-state index contributed by atoms with van der Waals surface area (Å²) in [7, 11) is 2.18. The fourth-order valence-corrected chi connectivity index (χ4v) is 3.89. The van der Waals surface area contributed by atoms with E-state index in [1.54, 1.807) is 6.20 Å². The van der Waals surface area contributed by atoms with Crippen LogP contribution in [0.15, 0.2) is 48.8 Å². The number of anilines is 1. The molecule has 4 heterocycles. The maximum Gasteiger partial charge on any atom is 0.138 e. The van der Waals surface area contributed by atoms with Gasteiger partial charge in [0, 0.05) is 54.4 Å². The Kier molecular flexibility index (Phi) is 3.99. The van der Waals surface area contributed by atoms with Crippen molar-refractivity contribution in [2.75, 3.05) is 38.1 Å². The van der Waals surface area contributed by atoms with Crippen molar-refractivity contribution in [3.05, 3.63) is 53.9 Å². The van der Waals surface area contributed by atoms with E-state index in [0.29, 0.717) is 5.15 Å². The molecule has 1 fully saturated rings. The van der Waals surface area contributed by atoms with Crippen LogP contribution in [-0.4, -0.2) is 53.1 Å². The van der Waals surface area contributed by atoms with Gasteiger partial charge in [0.15, 0.2) is 0 Å². The number of piperazine rings is 1. The molecule has 0 saturated carbocycles. The maximum absolute atomic E-state index is 6.08. The number of fused-ring (bicyclic) bond motifs is 3. The quantitative estimate of drug-likeness (QED) is 0.532. The SMILES string of the molecule is CN1CCN(c2ccc(-c3cnc4[nH]c5cnc(Cl)cc5c4c3)cc2)CC1. The fraction of sp³-hybridized carbons (Fsp3) is 0.238. The van der Waals surface area contributed by atoms with Gasteiger partial charge in [-0.25, -0.2) is 9.97 Å². The van der Waals surface area contributed by atoms with E-state index in [2.05, 4.69) is 62.1 Å². The number of nitrogens with one attached hydrogen (secondary N) is 1. The summed E-state index contributed by atoms with van der Waals surface area (Å²) in [4.78, 5) is 16.9. The highest BCUT2D eigenvalue weighted by Crippen LogP contribution is 2.30. The molecule has 0 bridgehead atoms. The summed E-state index contributed by atoms with van der Waals surface area (Å²) in [6.07, 6.45) is 3.67. The normalized spacial score (nSPS) is 15.7. The first kappa shape index (κ1) is 16.5. The van der Waals surface area contributed by atoms with Gasteiger partial charge in [-0.1, -0.05) is 23.7 Å². The molecule has 6 heteroatoms. The number of hydrogen-bond donors (Lipinski definition) is 1. The Bertz CT molecular complexity index is 1110. The summed E-state index contributed by atoms with van der Waals surface area (Å²) in [6, 6.07) is 12.8. The van der Waals surface area contributed by atoms with E-state index >= 15 is 0 Å². The molecule has 0 spiro atoms. The number of benzene rings is 1. The smallest absolute Gasteiger partial charge is 0.138 e. The summed E-state index contributed by atoms with van der Waals surface area (Å²) in [5.41, 5.74) is 5.35. The van der Waals surface area contributed by atoms with Crippen LogP contribution in [0, 0.1) is 0 Å². The zero-order valence-corrected chi connectivity index (χ0v) is 15.9. The highest BCUT2D eigenvalue weighted by molar-refractivity contribution is 6.30. The van der Waals surface area contributed by atoms with Crippen LogP contribution in [0.4, 0.5) is 5.69 Å². The van der Waals surface area contributed by atoms with E-state index in [1.165, 1.54) is 5.69 Å². The molecule has 5 nitrogen and oxygen atoms in total. The van der Waals surface area contributed by atoms with Crippen LogP contribution in [0.25, 0.3) is 33.1 Å². The van der Waals surface area contributed by atoms with Crippen molar-refractivity contribution in [1.82, 2.24) is 19.9 Å². The van der Waals surface area contributed by atoms with Gasteiger partial charge in [-0.05, 0) is 36.9 Å². The minimum atomic E-state index is 0.491. The number of rotatable bonds is 2. The Morgan fingerprint density at radius 2 is 1.67 bits per heavy atom. The largest absolute Gasteiger partial charge is 0.369 e. The second-order valence-corrected chi connectivity index (χ2v) is 7.52. The molecular formula is C21H20ClN5. The molecule has 4 aromatic rings. The van der Waals surface area contributed by atoms with Crippen LogP contribution in [0.2, 0.25) is 5.15 Å². The molecule has 0 amide bonds. The standard InChI is InChI=1S/C21H20ClN5/c1-26-6-8-27(9-7-26)16-4-2-14(3-5-16)15-10-18-17-11-20(22)23-13-19(17)25-21(18)24-12-15/h2-5,10-13H,6-9H2,1H3,(H,24,25). The van der Waals surface area contributed by atoms with E-state index in [-0.39, 0.29) is 0 Å². The van der Waals surface area contributed by atoms with Crippen molar-refractivity contribution in [1.29, 1.82) is 0 Å². The molecule has 27 heavy (non-hydrogen) atoms. The monoisotopic (exact) mass is 377 g/mol. The lowest BCUT2D eigenvalue weighted by Gasteiger charge is -2.34. The van der Waals surface area contributed by atoms with Gasteiger partial charge in [0.1, 0.15) is 10.8 Å². The first-order chi connectivity index (χ1) is 13.2. The van der Waals surface area contributed by atoms with Crippen LogP contribution in [0.5, 0.6) is 0 Å². The third kappa shape index (κ3) is 3.03. The van der Waals surface area contributed by atoms with Crippen molar-refractivity contribution in [2.45, 2.75) is 0 Å². The third-order valence-corrected chi connectivity index (χ3v) is 5.58. The Balaban J connectivity index is 1.49. The second-order valence-electron chi connectivity index (χ2n) is 7.13. The number of H-pyrrole nitrogens is 1. The van der Waals surface area contributed by atoms with E-state index in [4.69, 9.17) is 11.6 Å². The van der Waals surface area contributed by atoms with E-state index in [9.17, 15) is 0 Å². The van der Waals surface area contributed by atoms with Gasteiger partial charge in [-0.3, -0.25) is 0 Å². The minimum absolute atomic E-state index is 0.491. The maximum atomic E-state index is 6.08. The van der Waals surface area contributed by atoms with Crippen molar-refractivity contribution in [3.63, 3.8) is 0 Å². The summed E-state index contributed by atoms with van der Waals surface area (Å²) in [5, 5.41) is 2.61. The molecular weight excluding hydrogens is 358 g/mol. The van der Waals surface area contributed by atoms with E-state index in [1.807, 2.05) is 12.3 Å². The lowest BCUT2D eigenvalue weighted by atomic mass is 10.1. The lowest BCUT2D eigenvalue weighted by molar-refractivity contribution is 0.313. The molecule has 0 radical (unpaired) electrons. The average molecular weight is 378 g/mol. The van der Waals surface area contributed by atoms with Crippen molar-refractivity contribution >= 4 is 39.2 Å². The van der Waals surface area contributed by atoms with E-state index in [0.717, 1.165) is 59.2 Å². The molecule has 1 saturated heterocycles. The first-order valence-electron chi connectivity index (χ1n) is 9.14. The molecule has 0 unspecified atom stereocenters. The molecule has 136 valence electrons. The summed E-state index contributed by atoms with van der Waals surface area (Å²) in [5.74, 6) is 0. The molecule has 1 N–H and O–H groups in total. The zero-order chi connectivity index (χ0) is 18.4. The summed E-state index contributed by atoms with van der Waals surface area (Å²) >= 11 is 6.08. The van der Waals surface area contributed by atoms with E-state index < -0.39 is 0 Å². The minimum Gasteiger partial charge on any atom is -0.369 e. The number of halogens is 1. The lowest BCUT2D eigenvalue weighted by Crippen LogP contribution is -2.44. The molecule has 5 rings (SSSR count). The van der Waals surface area contributed by atoms with Crippen LogP contribution >= 0.6 is 11.6 Å². The number of hydrogen-bond acceptors (Lipinski definition) is 4. The number of aromatic nitrogens is 3. The van der Waals surface area contributed by atoms with Crippen LogP contribution in [-0.2, 0) is 0 Å².